The third-order valence-corrected chi connectivity index (χ3v) is 2.51. The maximum absolute atomic E-state index is 5.42. The van der Waals surface area contributed by atoms with Crippen molar-refractivity contribution >= 4 is 0 Å². The van der Waals surface area contributed by atoms with Crippen molar-refractivity contribution in [3.8, 4) is 6.01 Å². The van der Waals surface area contributed by atoms with Gasteiger partial charge in [0.05, 0.1) is 19.8 Å². The van der Waals surface area contributed by atoms with Gasteiger partial charge in [-0.15, -0.1) is 0 Å². The van der Waals surface area contributed by atoms with E-state index in [0.29, 0.717) is 32.4 Å². The molecule has 0 aliphatic carbocycles. The number of hydrogen-bond donors (Lipinski definition) is 1. The van der Waals surface area contributed by atoms with Crippen molar-refractivity contribution in [2.45, 2.75) is 20.4 Å². The molecule has 0 aliphatic rings. The Morgan fingerprint density at radius 3 is 2.68 bits per heavy atom. The van der Waals surface area contributed by atoms with Gasteiger partial charge in [0.15, 0.2) is 0 Å². The second-order valence-corrected chi connectivity index (χ2v) is 4.00. The van der Waals surface area contributed by atoms with Gasteiger partial charge in [-0.1, -0.05) is 6.92 Å². The zero-order valence-electron chi connectivity index (χ0n) is 11.9. The fourth-order valence-electron chi connectivity index (χ4n) is 1.41. The number of hydrogen-bond acceptors (Lipinski definition) is 6. The van der Waals surface area contributed by atoms with E-state index < -0.39 is 0 Å². The van der Waals surface area contributed by atoms with E-state index in [4.69, 9.17) is 14.2 Å². The molecule has 0 saturated heterocycles. The van der Waals surface area contributed by atoms with Gasteiger partial charge >= 0.3 is 6.01 Å². The summed E-state index contributed by atoms with van der Waals surface area (Å²) in [5.74, 6) is 0. The lowest BCUT2D eigenvalue weighted by molar-refractivity contribution is 0.0528. The number of nitrogens with one attached hydrogen (secondary N) is 1. The Hall–Kier alpha value is -1.24. The molecule has 1 N–H and O–H groups in total. The first-order valence-corrected chi connectivity index (χ1v) is 6.50. The molecule has 0 bridgehead atoms. The summed E-state index contributed by atoms with van der Waals surface area (Å²) in [5.41, 5.74) is 2.02. The summed E-state index contributed by atoms with van der Waals surface area (Å²) in [5, 5.41) is 3.24. The lowest BCUT2D eigenvalue weighted by Crippen LogP contribution is -2.15. The minimum Gasteiger partial charge on any atom is -0.461 e. The van der Waals surface area contributed by atoms with Gasteiger partial charge < -0.3 is 19.5 Å². The van der Waals surface area contributed by atoms with Crippen LogP contribution in [0.4, 0.5) is 0 Å². The Morgan fingerprint density at radius 1 is 1.21 bits per heavy atom. The van der Waals surface area contributed by atoms with Crippen LogP contribution in [0.15, 0.2) is 6.20 Å². The van der Waals surface area contributed by atoms with Crippen LogP contribution in [-0.2, 0) is 16.0 Å². The van der Waals surface area contributed by atoms with Crippen molar-refractivity contribution in [1.29, 1.82) is 0 Å². The van der Waals surface area contributed by atoms with Gasteiger partial charge in [0.1, 0.15) is 6.61 Å². The highest BCUT2D eigenvalue weighted by molar-refractivity contribution is 5.17. The van der Waals surface area contributed by atoms with Crippen LogP contribution in [0.5, 0.6) is 6.01 Å². The molecule has 0 fully saturated rings. The molecule has 0 aromatic carbocycles. The summed E-state index contributed by atoms with van der Waals surface area (Å²) in [7, 11) is 1.64. The predicted molar refractivity (Wildman–Crippen MR) is 72.3 cm³/mol. The van der Waals surface area contributed by atoms with Gasteiger partial charge in [0, 0.05) is 31.1 Å². The minimum atomic E-state index is 0.396. The molecular weight excluding hydrogens is 246 g/mol. The molecular formula is C13H23N3O3. The molecule has 1 heterocycles. The van der Waals surface area contributed by atoms with Crippen molar-refractivity contribution in [2.24, 2.45) is 0 Å². The van der Waals surface area contributed by atoms with Crippen molar-refractivity contribution < 1.29 is 14.2 Å². The van der Waals surface area contributed by atoms with E-state index in [0.717, 1.165) is 24.3 Å². The summed E-state index contributed by atoms with van der Waals surface area (Å²) in [6.45, 7) is 7.84. The molecule has 0 amide bonds. The van der Waals surface area contributed by atoms with E-state index in [9.17, 15) is 0 Å². The van der Waals surface area contributed by atoms with E-state index in [2.05, 4.69) is 22.2 Å². The number of rotatable bonds is 10. The quantitative estimate of drug-likeness (QED) is 0.638. The Morgan fingerprint density at radius 2 is 2.00 bits per heavy atom. The summed E-state index contributed by atoms with van der Waals surface area (Å²) in [6.07, 6.45) is 1.80. The number of ether oxygens (including phenoxy) is 3. The first kappa shape index (κ1) is 15.8. The average Bonchev–Trinajstić information content (AvgIpc) is 2.42. The van der Waals surface area contributed by atoms with E-state index in [-0.39, 0.29) is 0 Å². The van der Waals surface area contributed by atoms with E-state index in [1.54, 1.807) is 13.3 Å². The average molecular weight is 269 g/mol. The van der Waals surface area contributed by atoms with Crippen molar-refractivity contribution in [1.82, 2.24) is 15.3 Å². The van der Waals surface area contributed by atoms with Crippen molar-refractivity contribution in [3.05, 3.63) is 17.5 Å². The zero-order valence-corrected chi connectivity index (χ0v) is 11.9. The number of methoxy groups -OCH3 is 1. The second kappa shape index (κ2) is 9.66. The van der Waals surface area contributed by atoms with E-state index >= 15 is 0 Å². The summed E-state index contributed by atoms with van der Waals surface area (Å²) >= 11 is 0. The molecule has 108 valence electrons. The summed E-state index contributed by atoms with van der Waals surface area (Å²) < 4.78 is 15.6. The lowest BCUT2D eigenvalue weighted by atomic mass is 10.2. The molecule has 0 radical (unpaired) electrons. The largest absolute Gasteiger partial charge is 0.461 e. The molecule has 6 heteroatoms. The highest BCUT2D eigenvalue weighted by Gasteiger charge is 2.03. The van der Waals surface area contributed by atoms with Crippen LogP contribution in [0.1, 0.15) is 18.2 Å². The molecule has 0 spiro atoms. The van der Waals surface area contributed by atoms with Gasteiger partial charge in [-0.2, -0.15) is 0 Å². The smallest absolute Gasteiger partial charge is 0.316 e. The molecule has 1 aromatic rings. The summed E-state index contributed by atoms with van der Waals surface area (Å²) in [4.78, 5) is 8.48. The van der Waals surface area contributed by atoms with Crippen molar-refractivity contribution in [3.63, 3.8) is 0 Å². The normalized spacial score (nSPS) is 10.7. The maximum Gasteiger partial charge on any atom is 0.316 e. The van der Waals surface area contributed by atoms with Gasteiger partial charge in [-0.25, -0.2) is 9.97 Å². The third kappa shape index (κ3) is 6.47. The topological polar surface area (TPSA) is 65.5 Å². The van der Waals surface area contributed by atoms with Crippen LogP contribution in [0, 0.1) is 6.92 Å². The third-order valence-electron chi connectivity index (χ3n) is 2.51. The fraction of sp³-hybridized carbons (Fsp3) is 0.692. The highest BCUT2D eigenvalue weighted by atomic mass is 16.5. The molecule has 6 nitrogen and oxygen atoms in total. The van der Waals surface area contributed by atoms with Crippen LogP contribution in [0.2, 0.25) is 0 Å². The van der Waals surface area contributed by atoms with Gasteiger partial charge in [0.2, 0.25) is 0 Å². The van der Waals surface area contributed by atoms with Crippen LogP contribution < -0.4 is 10.1 Å². The van der Waals surface area contributed by atoms with Crippen LogP contribution in [-0.4, -0.2) is 50.1 Å². The SMILES string of the molecule is CCNCc1cnc(OCCOCCOC)nc1C. The van der Waals surface area contributed by atoms with E-state index in [1.807, 2.05) is 6.92 Å². The van der Waals surface area contributed by atoms with Crippen molar-refractivity contribution in [2.75, 3.05) is 40.1 Å². The zero-order chi connectivity index (χ0) is 13.9. The van der Waals surface area contributed by atoms with Gasteiger partial charge in [-0.3, -0.25) is 0 Å². The molecule has 0 aliphatic heterocycles. The first-order chi connectivity index (χ1) is 9.27. The number of aryl methyl sites for hydroxylation is 1. The summed E-state index contributed by atoms with van der Waals surface area (Å²) in [6, 6.07) is 0.396. The first-order valence-electron chi connectivity index (χ1n) is 6.50. The number of aromatic nitrogens is 2. The molecule has 1 rings (SSSR count). The van der Waals surface area contributed by atoms with Gasteiger partial charge in [-0.05, 0) is 13.5 Å². The molecule has 1 aromatic heterocycles. The second-order valence-electron chi connectivity index (χ2n) is 4.00. The molecule has 0 saturated carbocycles. The van der Waals surface area contributed by atoms with E-state index in [1.165, 1.54) is 0 Å². The standard InChI is InChI=1S/C13H23N3O3/c1-4-14-9-12-10-15-13(16-11(12)2)19-8-7-18-6-5-17-3/h10,14H,4-9H2,1-3H3. The highest BCUT2D eigenvalue weighted by Crippen LogP contribution is 2.08. The monoisotopic (exact) mass is 269 g/mol. The van der Waals surface area contributed by atoms with Gasteiger partial charge in [0.25, 0.3) is 0 Å². The molecule has 0 atom stereocenters. The van der Waals surface area contributed by atoms with Crippen LogP contribution in [0.25, 0.3) is 0 Å². The fourth-order valence-corrected chi connectivity index (χ4v) is 1.41. The Balaban J connectivity index is 2.29. The minimum absolute atomic E-state index is 0.396. The number of nitrogens with zero attached hydrogens (tertiary/aromatic N) is 2. The maximum atomic E-state index is 5.42. The van der Waals surface area contributed by atoms with Crippen LogP contribution >= 0.6 is 0 Å². The molecule has 19 heavy (non-hydrogen) atoms. The Labute approximate surface area is 114 Å². The predicted octanol–water partition coefficient (Wildman–Crippen LogP) is 0.936. The Kier molecular flexibility index (Phi) is 8.04. The molecule has 0 unspecified atom stereocenters. The van der Waals surface area contributed by atoms with Crippen LogP contribution in [0.3, 0.4) is 0 Å². The Bertz CT molecular complexity index is 361. The lowest BCUT2D eigenvalue weighted by Gasteiger charge is -2.08.